The number of rotatable bonds is 26. The smallest absolute Gasteiger partial charge is 0.0822 e. The van der Waals surface area contributed by atoms with Gasteiger partial charge in [0, 0.05) is 0 Å². The Labute approximate surface area is 191 Å². The van der Waals surface area contributed by atoms with Crippen molar-refractivity contribution >= 4 is 0 Å². The molecule has 0 saturated carbocycles. The fourth-order valence-corrected chi connectivity index (χ4v) is 4.07. The summed E-state index contributed by atoms with van der Waals surface area (Å²) in [6.45, 7) is 8.49. The lowest BCUT2D eigenvalue weighted by atomic mass is 10.0. The van der Waals surface area contributed by atoms with Crippen molar-refractivity contribution in [1.29, 1.82) is 0 Å². The molecule has 0 aromatic heterocycles. The van der Waals surface area contributed by atoms with E-state index in [1.807, 2.05) is 0 Å². The summed E-state index contributed by atoms with van der Waals surface area (Å²) in [5.41, 5.74) is 0. The van der Waals surface area contributed by atoms with Gasteiger partial charge in [0.05, 0.1) is 13.2 Å². The van der Waals surface area contributed by atoms with Crippen molar-refractivity contribution in [2.45, 2.75) is 162 Å². The fourth-order valence-electron chi connectivity index (χ4n) is 4.07. The Bertz CT molecular complexity index is 290. The zero-order chi connectivity index (χ0) is 22.0. The minimum absolute atomic E-state index is 0.772. The molecule has 182 valence electrons. The first-order valence-corrected chi connectivity index (χ1v) is 14.0. The average molecular weight is 427 g/mol. The van der Waals surface area contributed by atoms with Crippen LogP contribution in [0.4, 0.5) is 0 Å². The zero-order valence-corrected chi connectivity index (χ0v) is 21.4. The largest absolute Gasteiger partial charge is 0.237 e. The van der Waals surface area contributed by atoms with Crippen LogP contribution in [0, 0.1) is 5.92 Å². The van der Waals surface area contributed by atoms with Gasteiger partial charge in [-0.25, -0.2) is 9.78 Å². The summed E-state index contributed by atoms with van der Waals surface area (Å²) >= 11 is 0. The van der Waals surface area contributed by atoms with Crippen LogP contribution in [-0.2, 0) is 9.78 Å². The van der Waals surface area contributed by atoms with Gasteiger partial charge in [0.15, 0.2) is 0 Å². The Balaban J connectivity index is 2.99. The van der Waals surface area contributed by atoms with E-state index in [0.29, 0.717) is 0 Å². The van der Waals surface area contributed by atoms with Gasteiger partial charge in [-0.15, -0.1) is 0 Å². The number of unbranched alkanes of at least 4 members (excludes halogenated alkanes) is 19. The van der Waals surface area contributed by atoms with Crippen molar-refractivity contribution in [2.24, 2.45) is 5.92 Å². The van der Waals surface area contributed by atoms with Crippen molar-refractivity contribution in [3.63, 3.8) is 0 Å². The summed E-state index contributed by atoms with van der Waals surface area (Å²) in [6, 6.07) is 0. The molecule has 0 bridgehead atoms. The van der Waals surface area contributed by atoms with Crippen molar-refractivity contribution in [3.05, 3.63) is 0 Å². The van der Waals surface area contributed by atoms with Crippen molar-refractivity contribution in [3.8, 4) is 0 Å². The monoisotopic (exact) mass is 426 g/mol. The molecule has 0 rings (SSSR count). The minimum Gasteiger partial charge on any atom is -0.237 e. The van der Waals surface area contributed by atoms with E-state index in [1.165, 1.54) is 128 Å². The van der Waals surface area contributed by atoms with Crippen LogP contribution in [0.1, 0.15) is 162 Å². The summed E-state index contributed by atoms with van der Waals surface area (Å²) in [5.74, 6) is 0.881. The van der Waals surface area contributed by atoms with Gasteiger partial charge in [-0.05, 0) is 18.8 Å². The van der Waals surface area contributed by atoms with Gasteiger partial charge in [0.1, 0.15) is 0 Å². The lowest BCUT2D eigenvalue weighted by Gasteiger charge is -2.05. The Kier molecular flexibility index (Phi) is 26.9. The van der Waals surface area contributed by atoms with E-state index < -0.39 is 0 Å². The second kappa shape index (κ2) is 27.0. The summed E-state index contributed by atoms with van der Waals surface area (Å²) in [6.07, 6.45) is 30.3. The maximum absolute atomic E-state index is 5.32. The first-order chi connectivity index (χ1) is 14.8. The van der Waals surface area contributed by atoms with E-state index in [-0.39, 0.29) is 0 Å². The highest BCUT2D eigenvalue weighted by molar-refractivity contribution is 4.50. The van der Waals surface area contributed by atoms with Crippen LogP contribution in [0.25, 0.3) is 0 Å². The molecule has 0 fully saturated rings. The second-order valence-electron chi connectivity index (χ2n) is 9.90. The summed E-state index contributed by atoms with van der Waals surface area (Å²) in [5, 5.41) is 0. The third kappa shape index (κ3) is 27.9. The highest BCUT2D eigenvalue weighted by Gasteiger charge is 1.97. The first-order valence-electron chi connectivity index (χ1n) is 14.0. The molecule has 30 heavy (non-hydrogen) atoms. The minimum atomic E-state index is 0.772. The zero-order valence-electron chi connectivity index (χ0n) is 21.4. The maximum Gasteiger partial charge on any atom is 0.0822 e. The molecule has 0 saturated heterocycles. The van der Waals surface area contributed by atoms with E-state index in [4.69, 9.17) is 9.78 Å². The van der Waals surface area contributed by atoms with Gasteiger partial charge in [0.25, 0.3) is 0 Å². The molecule has 0 aliphatic heterocycles. The van der Waals surface area contributed by atoms with Gasteiger partial charge < -0.3 is 0 Å². The van der Waals surface area contributed by atoms with Gasteiger partial charge >= 0.3 is 0 Å². The Morgan fingerprint density at radius 1 is 0.400 bits per heavy atom. The molecule has 0 unspecified atom stereocenters. The topological polar surface area (TPSA) is 18.5 Å². The Morgan fingerprint density at radius 2 is 0.700 bits per heavy atom. The van der Waals surface area contributed by atoms with Crippen LogP contribution in [-0.4, -0.2) is 13.2 Å². The standard InChI is InChI=1S/C28H58O2/c1-4-5-6-7-8-9-14-17-20-23-26-29-30-27-24-21-18-15-12-10-11-13-16-19-22-25-28(2)3/h28H,4-27H2,1-3H3. The Hall–Kier alpha value is -0.0800. The Morgan fingerprint density at radius 3 is 1.03 bits per heavy atom. The number of hydrogen-bond donors (Lipinski definition) is 0. The van der Waals surface area contributed by atoms with Crippen LogP contribution in [0.15, 0.2) is 0 Å². The molecule has 0 aliphatic rings. The van der Waals surface area contributed by atoms with Gasteiger partial charge in [0.2, 0.25) is 0 Å². The quantitative estimate of drug-likeness (QED) is 0.0777. The summed E-state index contributed by atoms with van der Waals surface area (Å²) in [7, 11) is 0. The van der Waals surface area contributed by atoms with E-state index in [2.05, 4.69) is 20.8 Å². The van der Waals surface area contributed by atoms with E-state index in [0.717, 1.165) is 32.0 Å². The van der Waals surface area contributed by atoms with Crippen molar-refractivity contribution in [2.75, 3.05) is 13.2 Å². The number of hydrogen-bond acceptors (Lipinski definition) is 2. The van der Waals surface area contributed by atoms with Gasteiger partial charge in [-0.1, -0.05) is 149 Å². The summed E-state index contributed by atoms with van der Waals surface area (Å²) in [4.78, 5) is 10.6. The maximum atomic E-state index is 5.32. The predicted octanol–water partition coefficient (Wildman–Crippen LogP) is 10.2. The molecule has 0 aromatic rings. The molecule has 0 N–H and O–H groups in total. The molecule has 2 heteroatoms. The van der Waals surface area contributed by atoms with Crippen LogP contribution in [0.3, 0.4) is 0 Å². The van der Waals surface area contributed by atoms with Crippen LogP contribution in [0.2, 0.25) is 0 Å². The van der Waals surface area contributed by atoms with Crippen LogP contribution in [0.5, 0.6) is 0 Å². The molecule has 0 amide bonds. The van der Waals surface area contributed by atoms with Crippen LogP contribution < -0.4 is 0 Å². The van der Waals surface area contributed by atoms with Gasteiger partial charge in [-0.2, -0.15) is 0 Å². The molecular formula is C28H58O2. The highest BCUT2D eigenvalue weighted by atomic mass is 17.2. The van der Waals surface area contributed by atoms with Crippen molar-refractivity contribution in [1.82, 2.24) is 0 Å². The first kappa shape index (κ1) is 29.9. The summed E-state index contributed by atoms with van der Waals surface area (Å²) < 4.78 is 0. The molecule has 0 aromatic carbocycles. The highest BCUT2D eigenvalue weighted by Crippen LogP contribution is 2.14. The van der Waals surface area contributed by atoms with E-state index in [1.54, 1.807) is 0 Å². The fraction of sp³-hybridized carbons (Fsp3) is 1.00. The molecule has 0 aliphatic carbocycles. The van der Waals surface area contributed by atoms with E-state index >= 15 is 0 Å². The lowest BCUT2D eigenvalue weighted by Crippen LogP contribution is -1.99. The predicted molar refractivity (Wildman–Crippen MR) is 134 cm³/mol. The molecule has 0 radical (unpaired) electrons. The van der Waals surface area contributed by atoms with Crippen molar-refractivity contribution < 1.29 is 9.78 Å². The SMILES string of the molecule is CCCCCCCCCCCCOOCCCCCCCCCCCCCC(C)C. The third-order valence-electron chi connectivity index (χ3n) is 6.17. The molecule has 0 heterocycles. The molecular weight excluding hydrogens is 368 g/mol. The average Bonchev–Trinajstić information content (AvgIpc) is 2.73. The lowest BCUT2D eigenvalue weighted by molar-refractivity contribution is -0.295. The normalized spacial score (nSPS) is 11.6. The molecule has 2 nitrogen and oxygen atoms in total. The third-order valence-corrected chi connectivity index (χ3v) is 6.17. The van der Waals surface area contributed by atoms with E-state index in [9.17, 15) is 0 Å². The second-order valence-corrected chi connectivity index (χ2v) is 9.90. The molecule has 0 atom stereocenters. The van der Waals surface area contributed by atoms with Gasteiger partial charge in [-0.3, -0.25) is 0 Å². The van der Waals surface area contributed by atoms with Crippen LogP contribution >= 0.6 is 0 Å². The molecule has 0 spiro atoms.